The van der Waals surface area contributed by atoms with Gasteiger partial charge >= 0.3 is 0 Å². The Balaban J connectivity index is 2.24. The summed E-state index contributed by atoms with van der Waals surface area (Å²) in [6.45, 7) is 1.85. The van der Waals surface area contributed by atoms with Crippen molar-refractivity contribution in [2.75, 3.05) is 5.32 Å². The van der Waals surface area contributed by atoms with Gasteiger partial charge in [-0.05, 0) is 36.8 Å². The van der Waals surface area contributed by atoms with Crippen LogP contribution in [0.3, 0.4) is 0 Å². The second-order valence-corrected chi connectivity index (χ2v) is 4.60. The number of hydrogen-bond donors (Lipinski definition) is 1. The molecule has 2 rings (SSSR count). The van der Waals surface area contributed by atoms with Gasteiger partial charge < -0.3 is 5.32 Å². The van der Waals surface area contributed by atoms with E-state index in [2.05, 4.69) is 10.3 Å². The van der Waals surface area contributed by atoms with Crippen LogP contribution in [-0.2, 0) is 0 Å². The molecule has 0 atom stereocenters. The van der Waals surface area contributed by atoms with Crippen molar-refractivity contribution in [2.45, 2.75) is 6.92 Å². The van der Waals surface area contributed by atoms with Crippen LogP contribution in [0.5, 0.6) is 0 Å². The molecule has 1 N–H and O–H groups in total. The molecule has 0 saturated heterocycles. The van der Waals surface area contributed by atoms with Crippen molar-refractivity contribution in [3.8, 4) is 0 Å². The Morgan fingerprint density at radius 2 is 2.00 bits per heavy atom. The number of hydrogen-bond acceptors (Lipinski definition) is 2. The molecule has 2 aromatic rings. The predicted molar refractivity (Wildman–Crippen MR) is 73.4 cm³/mol. The Kier molecular flexibility index (Phi) is 3.84. The first-order valence-electron chi connectivity index (χ1n) is 5.25. The topological polar surface area (TPSA) is 42.0 Å². The number of nitrogens with one attached hydrogen (secondary N) is 1. The lowest BCUT2D eigenvalue weighted by Gasteiger charge is -2.08. The second kappa shape index (κ2) is 5.38. The van der Waals surface area contributed by atoms with Gasteiger partial charge in [0.15, 0.2) is 0 Å². The molecule has 0 fully saturated rings. The third-order valence-corrected chi connectivity index (χ3v) is 2.87. The van der Waals surface area contributed by atoms with Gasteiger partial charge in [-0.2, -0.15) is 0 Å². The molecule has 0 aliphatic rings. The minimum Gasteiger partial charge on any atom is -0.322 e. The molecule has 0 unspecified atom stereocenters. The summed E-state index contributed by atoms with van der Waals surface area (Å²) < 4.78 is 0. The number of amides is 1. The van der Waals surface area contributed by atoms with Crippen LogP contribution in [0, 0.1) is 6.92 Å². The van der Waals surface area contributed by atoms with Gasteiger partial charge in [-0.25, -0.2) is 4.98 Å². The lowest BCUT2D eigenvalue weighted by molar-refractivity contribution is 0.102. The molecule has 0 radical (unpaired) electrons. The molecule has 5 heteroatoms. The summed E-state index contributed by atoms with van der Waals surface area (Å²) in [6.07, 6.45) is 1.53. The maximum absolute atomic E-state index is 12.1. The predicted octanol–water partition coefficient (Wildman–Crippen LogP) is 3.95. The minimum atomic E-state index is -0.225. The molecule has 0 aliphatic carbocycles. The van der Waals surface area contributed by atoms with E-state index >= 15 is 0 Å². The molecule has 1 amide bonds. The monoisotopic (exact) mass is 280 g/mol. The molecule has 1 aromatic carbocycles. The first kappa shape index (κ1) is 12.9. The normalized spacial score (nSPS) is 10.2. The SMILES string of the molecule is Cc1ccc(Cl)cc1C(=O)Nc1ccnc(Cl)c1. The Hall–Kier alpha value is -1.58. The zero-order valence-electron chi connectivity index (χ0n) is 9.58. The number of anilines is 1. The van der Waals surface area contributed by atoms with E-state index in [9.17, 15) is 4.79 Å². The van der Waals surface area contributed by atoms with E-state index in [0.717, 1.165) is 5.56 Å². The number of rotatable bonds is 2. The van der Waals surface area contributed by atoms with Crippen LogP contribution in [0.15, 0.2) is 36.5 Å². The summed E-state index contributed by atoms with van der Waals surface area (Å²) >= 11 is 11.6. The molecule has 18 heavy (non-hydrogen) atoms. The van der Waals surface area contributed by atoms with Gasteiger partial charge in [-0.1, -0.05) is 29.3 Å². The number of benzene rings is 1. The summed E-state index contributed by atoms with van der Waals surface area (Å²) in [4.78, 5) is 15.9. The molecule has 1 heterocycles. The highest BCUT2D eigenvalue weighted by molar-refractivity contribution is 6.31. The highest BCUT2D eigenvalue weighted by Crippen LogP contribution is 2.18. The third-order valence-electron chi connectivity index (χ3n) is 2.43. The van der Waals surface area contributed by atoms with Gasteiger partial charge in [0.2, 0.25) is 0 Å². The van der Waals surface area contributed by atoms with Gasteiger partial charge in [0, 0.05) is 22.5 Å². The van der Waals surface area contributed by atoms with E-state index in [4.69, 9.17) is 23.2 Å². The van der Waals surface area contributed by atoms with Gasteiger partial charge in [0.05, 0.1) is 0 Å². The van der Waals surface area contributed by atoms with Crippen molar-refractivity contribution >= 4 is 34.8 Å². The summed E-state index contributed by atoms with van der Waals surface area (Å²) in [5.74, 6) is -0.225. The van der Waals surface area contributed by atoms with Gasteiger partial charge in [-0.15, -0.1) is 0 Å². The lowest BCUT2D eigenvalue weighted by atomic mass is 10.1. The smallest absolute Gasteiger partial charge is 0.255 e. The fourth-order valence-corrected chi connectivity index (χ4v) is 1.86. The van der Waals surface area contributed by atoms with Gasteiger partial charge in [0.25, 0.3) is 5.91 Å². The molecule has 0 aliphatic heterocycles. The summed E-state index contributed by atoms with van der Waals surface area (Å²) in [5, 5.41) is 3.60. The van der Waals surface area contributed by atoms with Gasteiger partial charge in [0.1, 0.15) is 5.15 Å². The number of carbonyl (C=O) groups is 1. The van der Waals surface area contributed by atoms with Gasteiger partial charge in [-0.3, -0.25) is 4.79 Å². The highest BCUT2D eigenvalue weighted by atomic mass is 35.5. The fourth-order valence-electron chi connectivity index (χ4n) is 1.52. The van der Waals surface area contributed by atoms with Crippen molar-refractivity contribution in [3.05, 3.63) is 57.8 Å². The summed E-state index contributed by atoms with van der Waals surface area (Å²) in [5.41, 5.74) is 1.99. The molecule has 0 spiro atoms. The number of pyridine rings is 1. The number of carbonyl (C=O) groups excluding carboxylic acids is 1. The van der Waals surface area contributed by atoms with E-state index in [1.165, 1.54) is 6.20 Å². The number of nitrogens with zero attached hydrogens (tertiary/aromatic N) is 1. The maximum Gasteiger partial charge on any atom is 0.255 e. The van der Waals surface area contributed by atoms with E-state index in [0.29, 0.717) is 21.4 Å². The van der Waals surface area contributed by atoms with Crippen LogP contribution in [0.4, 0.5) is 5.69 Å². The third kappa shape index (κ3) is 3.00. The molecular formula is C13H10Cl2N2O. The number of aryl methyl sites for hydroxylation is 1. The molecule has 0 saturated carbocycles. The number of halogens is 2. The standard InChI is InChI=1S/C13H10Cl2N2O/c1-8-2-3-9(14)6-11(8)13(18)17-10-4-5-16-12(15)7-10/h2-7H,1H3,(H,16,17,18). The Morgan fingerprint density at radius 3 is 2.72 bits per heavy atom. The molecule has 3 nitrogen and oxygen atoms in total. The molecular weight excluding hydrogens is 271 g/mol. The average molecular weight is 281 g/mol. The van der Waals surface area contributed by atoms with Crippen LogP contribution in [0.1, 0.15) is 15.9 Å². The Bertz CT molecular complexity index is 599. The largest absolute Gasteiger partial charge is 0.322 e. The fraction of sp³-hybridized carbons (Fsp3) is 0.0769. The zero-order valence-corrected chi connectivity index (χ0v) is 11.1. The summed E-state index contributed by atoms with van der Waals surface area (Å²) in [6, 6.07) is 8.44. The molecule has 1 aromatic heterocycles. The van der Waals surface area contributed by atoms with E-state index in [1.54, 1.807) is 30.3 Å². The Labute approximate surface area is 115 Å². The van der Waals surface area contributed by atoms with E-state index < -0.39 is 0 Å². The van der Waals surface area contributed by atoms with Crippen LogP contribution in [0.25, 0.3) is 0 Å². The second-order valence-electron chi connectivity index (χ2n) is 3.78. The minimum absolute atomic E-state index is 0.225. The first-order chi connectivity index (χ1) is 8.56. The molecule has 92 valence electrons. The highest BCUT2D eigenvalue weighted by Gasteiger charge is 2.10. The Morgan fingerprint density at radius 1 is 1.22 bits per heavy atom. The lowest BCUT2D eigenvalue weighted by Crippen LogP contribution is -2.13. The quantitative estimate of drug-likeness (QED) is 0.847. The van der Waals surface area contributed by atoms with Crippen molar-refractivity contribution < 1.29 is 4.79 Å². The van der Waals surface area contributed by atoms with Crippen molar-refractivity contribution in [1.29, 1.82) is 0 Å². The van der Waals surface area contributed by atoms with Crippen LogP contribution in [-0.4, -0.2) is 10.9 Å². The van der Waals surface area contributed by atoms with Crippen LogP contribution >= 0.6 is 23.2 Å². The van der Waals surface area contributed by atoms with Crippen LogP contribution < -0.4 is 5.32 Å². The van der Waals surface area contributed by atoms with E-state index in [1.807, 2.05) is 6.92 Å². The molecule has 0 bridgehead atoms. The summed E-state index contributed by atoms with van der Waals surface area (Å²) in [7, 11) is 0. The average Bonchev–Trinajstić information content (AvgIpc) is 2.32. The first-order valence-corrected chi connectivity index (χ1v) is 6.01. The van der Waals surface area contributed by atoms with Crippen molar-refractivity contribution in [3.63, 3.8) is 0 Å². The van der Waals surface area contributed by atoms with E-state index in [-0.39, 0.29) is 5.91 Å². The maximum atomic E-state index is 12.1. The zero-order chi connectivity index (χ0) is 13.1. The van der Waals surface area contributed by atoms with Crippen molar-refractivity contribution in [2.24, 2.45) is 0 Å². The van der Waals surface area contributed by atoms with Crippen molar-refractivity contribution in [1.82, 2.24) is 4.98 Å². The number of aromatic nitrogens is 1. The van der Waals surface area contributed by atoms with Crippen LogP contribution in [0.2, 0.25) is 10.2 Å².